The van der Waals surface area contributed by atoms with Crippen molar-refractivity contribution in [3.8, 4) is 0 Å². The van der Waals surface area contributed by atoms with Crippen LogP contribution in [0.5, 0.6) is 0 Å². The highest BCUT2D eigenvalue weighted by molar-refractivity contribution is 5.67. The predicted octanol–water partition coefficient (Wildman–Crippen LogP) is 2.02. The van der Waals surface area contributed by atoms with E-state index in [1.807, 2.05) is 0 Å². The molecule has 1 unspecified atom stereocenters. The van der Waals surface area contributed by atoms with Crippen LogP contribution in [0.15, 0.2) is 0 Å². The van der Waals surface area contributed by atoms with Gasteiger partial charge in [0, 0.05) is 33.4 Å². The average Bonchev–Trinajstić information content (AvgIpc) is 2.56. The Morgan fingerprint density at radius 2 is 2.22 bits per heavy atom. The van der Waals surface area contributed by atoms with E-state index in [0.717, 1.165) is 0 Å². The van der Waals surface area contributed by atoms with Crippen molar-refractivity contribution < 1.29 is 42.4 Å². The summed E-state index contributed by atoms with van der Waals surface area (Å²) in [5.74, 6) is 0. The molecule has 0 rings (SSSR count). The summed E-state index contributed by atoms with van der Waals surface area (Å²) in [6.45, 7) is -18.4. The molecule has 0 radical (unpaired) electrons. The van der Waals surface area contributed by atoms with Crippen LogP contribution in [0, 0.1) is 5.41 Å². The molecule has 1 atom stereocenters. The fraction of sp³-hybridized carbons (Fsp3) is 0.833. The summed E-state index contributed by atoms with van der Waals surface area (Å²) < 4.78 is 137. The Bertz CT molecular complexity index is 770. The van der Waals surface area contributed by atoms with Gasteiger partial charge in [0.05, 0.1) is 1.37 Å². The second kappa shape index (κ2) is 7.79. The van der Waals surface area contributed by atoms with Gasteiger partial charge in [-0.25, -0.2) is 9.59 Å². The summed E-state index contributed by atoms with van der Waals surface area (Å²) in [6, 6.07) is -3.68. The molecule has 0 aliphatic rings. The molecule has 2 amide bonds. The molecule has 0 saturated carbocycles. The number of hydrogen-bond acceptors (Lipinski definition) is 4. The highest BCUT2D eigenvalue weighted by Crippen LogP contribution is 2.24. The van der Waals surface area contributed by atoms with Crippen LogP contribution in [0.4, 0.5) is 9.59 Å². The first kappa shape index (κ1) is 3.77. The van der Waals surface area contributed by atoms with Crippen LogP contribution in [0.3, 0.4) is 0 Å². The highest BCUT2D eigenvalue weighted by atomic mass is 16.6. The van der Waals surface area contributed by atoms with E-state index < -0.39 is 77.0 Å². The second-order valence-electron chi connectivity index (χ2n) is 3.02. The Labute approximate surface area is 132 Å². The zero-order valence-electron chi connectivity index (χ0n) is 26.1. The minimum atomic E-state index is -4.00. The first-order valence-corrected chi connectivity index (χ1v) is 4.39. The number of alkyl carbamates (subject to hydrolysis) is 1. The Hall–Kier alpha value is -1.46. The lowest BCUT2D eigenvalue weighted by Gasteiger charge is -2.27. The minimum Gasteiger partial charge on any atom is -0.449 e. The Kier molecular flexibility index (Phi) is 1.63. The maximum absolute atomic E-state index is 12.2. The van der Waals surface area contributed by atoms with Crippen molar-refractivity contribution in [3.63, 3.8) is 0 Å². The van der Waals surface area contributed by atoms with Gasteiger partial charge in [-0.2, -0.15) is 0 Å². The van der Waals surface area contributed by atoms with Crippen LogP contribution in [-0.2, 0) is 9.47 Å². The van der Waals surface area contributed by atoms with Crippen LogP contribution >= 0.6 is 0 Å². The van der Waals surface area contributed by atoms with Gasteiger partial charge in [0.15, 0.2) is 0 Å². The highest BCUT2D eigenvalue weighted by Gasteiger charge is 2.27. The van der Waals surface area contributed by atoms with Crippen LogP contribution in [0.2, 0.25) is 0 Å². The third-order valence-electron chi connectivity index (χ3n) is 1.44. The van der Waals surface area contributed by atoms with Gasteiger partial charge in [-0.1, -0.05) is 20.1 Å². The Morgan fingerprint density at radius 1 is 1.50 bits per heavy atom. The zero-order chi connectivity index (χ0) is 28.7. The summed E-state index contributed by atoms with van der Waals surface area (Å²) in [6.07, 6.45) is -11.7. The van der Waals surface area contributed by atoms with E-state index in [-0.39, 0.29) is 0 Å². The maximum Gasteiger partial charge on any atom is 0.407 e. The first-order valence-electron chi connectivity index (χ1n) is 12.9. The smallest absolute Gasteiger partial charge is 0.407 e. The lowest BCUT2D eigenvalue weighted by atomic mass is 9.87. The normalized spacial score (nSPS) is 32.8. The molecule has 106 valence electrons. The molecule has 0 aliphatic heterocycles. The molecule has 0 spiro atoms. The van der Waals surface area contributed by atoms with Gasteiger partial charge in [-0.15, -0.1) is 0 Å². The average molecular weight is 277 g/mol. The number of nitrogens with two attached hydrogens (primary N) is 1. The van der Waals surface area contributed by atoms with E-state index in [2.05, 4.69) is 9.47 Å². The van der Waals surface area contributed by atoms with E-state index in [1.54, 1.807) is 0 Å². The van der Waals surface area contributed by atoms with Gasteiger partial charge in [0.1, 0.15) is 13.2 Å². The fourth-order valence-electron chi connectivity index (χ4n) is 0.755. The molecule has 6 nitrogen and oxygen atoms in total. The lowest BCUT2D eigenvalue weighted by molar-refractivity contribution is 0.0333. The van der Waals surface area contributed by atoms with E-state index >= 15 is 0 Å². The number of carbonyl (C=O) groups excluding carboxylic acids is 2. The fourth-order valence-corrected chi connectivity index (χ4v) is 0.755. The van der Waals surface area contributed by atoms with E-state index in [0.29, 0.717) is 0 Å². The van der Waals surface area contributed by atoms with E-state index in [4.69, 9.17) is 29.0 Å². The second-order valence-corrected chi connectivity index (χ2v) is 3.02. The SMILES string of the molecule is [2H]C([2H])([2H])C([2H])([2H])C([2H])([2H])C(COC(N)=O)(COC(=O)NC([2H])(C([2H])([2H])[2H])C([2H])([2H])[2H])C([2H])([2H])[2H]. The zero-order valence-corrected chi connectivity index (χ0v) is 9.12. The number of nitrogens with one attached hydrogen (secondary N) is 1. The summed E-state index contributed by atoms with van der Waals surface area (Å²) in [4.78, 5) is 23.4. The van der Waals surface area contributed by atoms with Crippen molar-refractivity contribution in [2.75, 3.05) is 13.2 Å². The molecule has 0 aromatic rings. The van der Waals surface area contributed by atoms with Crippen molar-refractivity contribution in [1.29, 1.82) is 0 Å². The van der Waals surface area contributed by atoms with Crippen molar-refractivity contribution in [2.24, 2.45) is 11.1 Å². The molecule has 6 heteroatoms. The Balaban J connectivity index is 6.62. The molecule has 0 bridgehead atoms. The van der Waals surface area contributed by atoms with Gasteiger partial charge >= 0.3 is 12.2 Å². The van der Waals surface area contributed by atoms with Gasteiger partial charge < -0.3 is 20.5 Å². The maximum atomic E-state index is 12.2. The number of primary amides is 1. The molecule has 0 saturated heterocycles. The van der Waals surface area contributed by atoms with Crippen LogP contribution in [0.1, 0.15) is 63.5 Å². The first-order chi connectivity index (χ1) is 15.0. The quantitative estimate of drug-likeness (QED) is 0.745. The summed E-state index contributed by atoms with van der Waals surface area (Å²) in [7, 11) is 0. The van der Waals surface area contributed by atoms with Crippen LogP contribution in [0.25, 0.3) is 0 Å². The lowest BCUT2D eigenvalue weighted by Crippen LogP contribution is -2.37. The number of amides is 2. The van der Waals surface area contributed by atoms with Crippen LogP contribution < -0.4 is 11.1 Å². The largest absolute Gasteiger partial charge is 0.449 e. The summed E-state index contributed by atoms with van der Waals surface area (Å²) >= 11 is 0. The number of rotatable bonds is 7. The Morgan fingerprint density at radius 3 is 2.78 bits per heavy atom. The number of carbonyl (C=O) groups is 2. The third-order valence-corrected chi connectivity index (χ3v) is 1.44. The van der Waals surface area contributed by atoms with Crippen LogP contribution in [-0.4, -0.2) is 31.4 Å². The minimum absolute atomic E-state index is 1.22. The number of ether oxygens (including phenoxy) is 2. The number of hydrogen-bond donors (Lipinski definition) is 2. The van der Waals surface area contributed by atoms with Crippen molar-refractivity contribution in [2.45, 2.75) is 46.2 Å². The topological polar surface area (TPSA) is 90.7 Å². The van der Waals surface area contributed by atoms with E-state index in [9.17, 15) is 9.59 Å². The van der Waals surface area contributed by atoms with Gasteiger partial charge in [-0.3, -0.25) is 0 Å². The van der Waals surface area contributed by atoms with Gasteiger partial charge in [-0.05, 0) is 20.1 Å². The van der Waals surface area contributed by atoms with Crippen molar-refractivity contribution >= 4 is 12.2 Å². The van der Waals surface area contributed by atoms with Crippen molar-refractivity contribution in [1.82, 2.24) is 5.32 Å². The molecule has 0 aliphatic carbocycles. The summed E-state index contributed by atoms with van der Waals surface area (Å²) in [5.41, 5.74) is 1.30. The van der Waals surface area contributed by atoms with Gasteiger partial charge in [0.2, 0.25) is 0 Å². The molecular formula is C12H24N2O4. The summed E-state index contributed by atoms with van der Waals surface area (Å²) in [5, 5.41) is 1.22. The van der Waals surface area contributed by atoms with Crippen molar-refractivity contribution in [3.05, 3.63) is 0 Å². The molecule has 0 aromatic heterocycles. The van der Waals surface area contributed by atoms with E-state index in [1.165, 1.54) is 5.32 Å². The molecular weight excluding hydrogens is 236 g/mol. The molecule has 0 fully saturated rings. The molecule has 0 aromatic carbocycles. The monoisotopic (exact) mass is 277 g/mol. The molecule has 18 heavy (non-hydrogen) atoms. The predicted molar refractivity (Wildman–Crippen MR) is 68.2 cm³/mol. The third kappa shape index (κ3) is 7.76. The molecule has 3 N–H and O–H groups in total. The molecule has 0 heterocycles. The van der Waals surface area contributed by atoms with Gasteiger partial charge in [0.25, 0.3) is 0 Å². The standard InChI is InChI=1S/C12H24N2O4/c1-5-6-12(4,7-17-10(13)15)8-18-11(16)14-9(2)3/h9H,5-8H2,1-4H3,(H2,13,15)(H,14,16)/i1D3,2D3,3D3,4D3,5D2,6D2,9D.